The Morgan fingerprint density at radius 1 is 0.962 bits per heavy atom. The van der Waals surface area contributed by atoms with Gasteiger partial charge in [-0.3, -0.25) is 4.57 Å². The summed E-state index contributed by atoms with van der Waals surface area (Å²) in [5.74, 6) is 1.47. The van der Waals surface area contributed by atoms with E-state index in [1.807, 2.05) is 34.9 Å². The van der Waals surface area contributed by atoms with Crippen molar-refractivity contribution in [3.8, 4) is 5.69 Å². The lowest BCUT2D eigenvalue weighted by Gasteiger charge is -2.13. The minimum Gasteiger partial charge on any atom is -0.274 e. The van der Waals surface area contributed by atoms with Gasteiger partial charge in [-0.1, -0.05) is 48.2 Å². The molecule has 1 fully saturated rings. The standard InChI is InChI=1S/C19H16F3N3S/c20-19(21,22)16-9-5-4-6-14(16)12-26-18-24-23-17(13-10-11-13)25(18)15-7-2-1-3-8-15/h1-9,13H,10-12H2. The Labute approximate surface area is 153 Å². The highest BCUT2D eigenvalue weighted by atomic mass is 32.2. The zero-order valence-corrected chi connectivity index (χ0v) is 14.6. The molecule has 1 aliphatic rings. The van der Waals surface area contributed by atoms with Crippen LogP contribution < -0.4 is 0 Å². The van der Waals surface area contributed by atoms with E-state index in [4.69, 9.17) is 0 Å². The van der Waals surface area contributed by atoms with Crippen LogP contribution in [0.2, 0.25) is 0 Å². The van der Waals surface area contributed by atoms with Crippen LogP contribution in [0.15, 0.2) is 59.8 Å². The van der Waals surface area contributed by atoms with E-state index >= 15 is 0 Å². The van der Waals surface area contributed by atoms with Crippen LogP contribution in [0, 0.1) is 0 Å². The summed E-state index contributed by atoms with van der Waals surface area (Å²) in [5, 5.41) is 9.18. The van der Waals surface area contributed by atoms with E-state index in [2.05, 4.69) is 10.2 Å². The Hall–Kier alpha value is -2.28. The molecule has 3 aromatic rings. The molecular formula is C19H16F3N3S. The smallest absolute Gasteiger partial charge is 0.274 e. The second kappa shape index (κ2) is 6.79. The summed E-state index contributed by atoms with van der Waals surface area (Å²) in [4.78, 5) is 0. The number of rotatable bonds is 5. The Balaban J connectivity index is 1.64. The highest BCUT2D eigenvalue weighted by Gasteiger charge is 2.33. The van der Waals surface area contributed by atoms with Crippen LogP contribution in [0.3, 0.4) is 0 Å². The van der Waals surface area contributed by atoms with Crippen LogP contribution in [0.5, 0.6) is 0 Å². The van der Waals surface area contributed by atoms with Crippen molar-refractivity contribution in [2.24, 2.45) is 0 Å². The van der Waals surface area contributed by atoms with Crippen LogP contribution in [-0.2, 0) is 11.9 Å². The zero-order valence-electron chi connectivity index (χ0n) is 13.8. The van der Waals surface area contributed by atoms with Gasteiger partial charge >= 0.3 is 6.18 Å². The summed E-state index contributed by atoms with van der Waals surface area (Å²) in [6.45, 7) is 0. The summed E-state index contributed by atoms with van der Waals surface area (Å²) in [5.41, 5.74) is 0.590. The van der Waals surface area contributed by atoms with Crippen LogP contribution in [0.4, 0.5) is 13.2 Å². The average molecular weight is 375 g/mol. The number of hydrogen-bond acceptors (Lipinski definition) is 3. The van der Waals surface area contributed by atoms with Crippen molar-refractivity contribution in [1.29, 1.82) is 0 Å². The van der Waals surface area contributed by atoms with Gasteiger partial charge in [0.2, 0.25) is 0 Å². The first-order valence-corrected chi connectivity index (χ1v) is 9.31. The molecule has 1 saturated carbocycles. The monoisotopic (exact) mass is 375 g/mol. The third kappa shape index (κ3) is 3.49. The average Bonchev–Trinajstić information content (AvgIpc) is 3.40. The molecule has 0 unspecified atom stereocenters. The first-order valence-electron chi connectivity index (χ1n) is 8.32. The predicted molar refractivity (Wildman–Crippen MR) is 94.3 cm³/mol. The van der Waals surface area contributed by atoms with Crippen molar-refractivity contribution in [1.82, 2.24) is 14.8 Å². The van der Waals surface area contributed by atoms with E-state index in [9.17, 15) is 13.2 Å². The van der Waals surface area contributed by atoms with Gasteiger partial charge in [-0.2, -0.15) is 13.2 Å². The third-order valence-electron chi connectivity index (χ3n) is 4.29. The van der Waals surface area contributed by atoms with Crippen molar-refractivity contribution in [2.75, 3.05) is 0 Å². The lowest BCUT2D eigenvalue weighted by Crippen LogP contribution is -2.08. The second-order valence-corrected chi connectivity index (χ2v) is 7.17. The molecule has 134 valence electrons. The van der Waals surface area contributed by atoms with Crippen LogP contribution in [0.1, 0.15) is 35.7 Å². The van der Waals surface area contributed by atoms with E-state index < -0.39 is 11.7 Å². The number of thioether (sulfide) groups is 1. The first kappa shape index (κ1) is 17.1. The molecule has 1 aliphatic carbocycles. The largest absolute Gasteiger partial charge is 0.416 e. The first-order chi connectivity index (χ1) is 12.5. The number of nitrogens with zero attached hydrogens (tertiary/aromatic N) is 3. The SMILES string of the molecule is FC(F)(F)c1ccccc1CSc1nnc(C2CC2)n1-c1ccccc1. The highest BCUT2D eigenvalue weighted by Crippen LogP contribution is 2.41. The van der Waals surface area contributed by atoms with Crippen molar-refractivity contribution in [3.05, 3.63) is 71.5 Å². The summed E-state index contributed by atoms with van der Waals surface area (Å²) >= 11 is 1.28. The molecule has 1 aromatic heterocycles. The van der Waals surface area contributed by atoms with E-state index in [0.717, 1.165) is 30.4 Å². The lowest BCUT2D eigenvalue weighted by molar-refractivity contribution is -0.138. The number of aromatic nitrogens is 3. The molecule has 7 heteroatoms. The number of alkyl halides is 3. The van der Waals surface area contributed by atoms with Crippen LogP contribution >= 0.6 is 11.8 Å². The fourth-order valence-corrected chi connectivity index (χ4v) is 3.83. The maximum atomic E-state index is 13.2. The van der Waals surface area contributed by atoms with Crippen LogP contribution in [-0.4, -0.2) is 14.8 Å². The van der Waals surface area contributed by atoms with E-state index in [1.54, 1.807) is 6.07 Å². The molecule has 0 bridgehead atoms. The van der Waals surface area contributed by atoms with E-state index in [0.29, 0.717) is 11.1 Å². The van der Waals surface area contributed by atoms with Crippen molar-refractivity contribution in [2.45, 2.75) is 35.8 Å². The Morgan fingerprint density at radius 3 is 2.35 bits per heavy atom. The third-order valence-corrected chi connectivity index (χ3v) is 5.27. The molecule has 0 radical (unpaired) electrons. The summed E-state index contributed by atoms with van der Waals surface area (Å²) in [6, 6.07) is 15.4. The number of para-hydroxylation sites is 1. The quantitative estimate of drug-likeness (QED) is 0.555. The van der Waals surface area contributed by atoms with Gasteiger partial charge in [0.05, 0.1) is 5.56 Å². The second-order valence-electron chi connectivity index (χ2n) is 6.23. The molecular weight excluding hydrogens is 359 g/mol. The molecule has 0 amide bonds. The van der Waals surface area contributed by atoms with Gasteiger partial charge in [-0.05, 0) is 36.6 Å². The maximum absolute atomic E-state index is 13.2. The molecule has 4 rings (SSSR count). The molecule has 0 saturated heterocycles. The van der Waals surface area contributed by atoms with Gasteiger partial charge in [0.1, 0.15) is 5.82 Å². The lowest BCUT2D eigenvalue weighted by atomic mass is 10.1. The van der Waals surface area contributed by atoms with Crippen LogP contribution in [0.25, 0.3) is 5.69 Å². The van der Waals surface area contributed by atoms with Gasteiger partial charge in [-0.15, -0.1) is 10.2 Å². The fraction of sp³-hybridized carbons (Fsp3) is 0.263. The molecule has 0 N–H and O–H groups in total. The summed E-state index contributed by atoms with van der Waals surface area (Å²) in [6.07, 6.45) is -2.21. The Kier molecular flexibility index (Phi) is 4.48. The van der Waals surface area contributed by atoms with E-state index in [1.165, 1.54) is 23.9 Å². The molecule has 0 spiro atoms. The highest BCUT2D eigenvalue weighted by molar-refractivity contribution is 7.98. The predicted octanol–water partition coefficient (Wildman–Crippen LogP) is 5.46. The normalized spacial score (nSPS) is 14.6. The minimum atomic E-state index is -4.36. The van der Waals surface area contributed by atoms with Gasteiger partial charge in [0, 0.05) is 17.4 Å². The Morgan fingerprint density at radius 2 is 1.65 bits per heavy atom. The molecule has 0 aliphatic heterocycles. The van der Waals surface area contributed by atoms with Gasteiger partial charge < -0.3 is 0 Å². The van der Waals surface area contributed by atoms with Gasteiger partial charge in [0.25, 0.3) is 0 Å². The fourth-order valence-electron chi connectivity index (χ4n) is 2.87. The molecule has 3 nitrogen and oxygen atoms in total. The number of halogens is 3. The molecule has 26 heavy (non-hydrogen) atoms. The molecule has 2 aromatic carbocycles. The summed E-state index contributed by atoms with van der Waals surface area (Å²) < 4.78 is 41.6. The van der Waals surface area contributed by atoms with E-state index in [-0.39, 0.29) is 11.3 Å². The van der Waals surface area contributed by atoms with Crippen molar-refractivity contribution in [3.63, 3.8) is 0 Å². The Bertz CT molecular complexity index is 902. The van der Waals surface area contributed by atoms with Crippen molar-refractivity contribution >= 4 is 11.8 Å². The number of hydrogen-bond donors (Lipinski definition) is 0. The van der Waals surface area contributed by atoms with Gasteiger partial charge in [0.15, 0.2) is 5.16 Å². The van der Waals surface area contributed by atoms with Gasteiger partial charge in [-0.25, -0.2) is 0 Å². The maximum Gasteiger partial charge on any atom is 0.416 e. The molecule has 0 atom stereocenters. The van der Waals surface area contributed by atoms with Crippen molar-refractivity contribution < 1.29 is 13.2 Å². The zero-order chi connectivity index (χ0) is 18.1. The minimum absolute atomic E-state index is 0.186. The molecule has 1 heterocycles. The summed E-state index contributed by atoms with van der Waals surface area (Å²) in [7, 11) is 0. The topological polar surface area (TPSA) is 30.7 Å². The number of benzene rings is 2.